The zero-order valence-corrected chi connectivity index (χ0v) is 50.8. The largest absolute Gasteiger partial charge is 0.462 e. The highest BCUT2D eigenvalue weighted by molar-refractivity contribution is 5.71. The molecule has 0 heterocycles. The number of unbranched alkanes of at least 4 members (excludes halogenated alkanes) is 40. The van der Waals surface area contributed by atoms with Crippen LogP contribution >= 0.6 is 0 Å². The van der Waals surface area contributed by atoms with Gasteiger partial charge in [0, 0.05) is 19.3 Å². The Morgan fingerprint density at radius 1 is 0.276 bits per heavy atom. The lowest BCUT2D eigenvalue weighted by atomic mass is 10.0. The number of hydrogen-bond donors (Lipinski definition) is 0. The molecular formula is C70H126O6. The first kappa shape index (κ1) is 73.1. The molecule has 0 bridgehead atoms. The van der Waals surface area contributed by atoms with Crippen LogP contribution in [0.4, 0.5) is 0 Å². The maximum Gasteiger partial charge on any atom is 0.306 e. The summed E-state index contributed by atoms with van der Waals surface area (Å²) in [4.78, 5) is 38.3. The number of esters is 3. The van der Waals surface area contributed by atoms with Gasteiger partial charge in [-0.2, -0.15) is 0 Å². The summed E-state index contributed by atoms with van der Waals surface area (Å²) in [5.41, 5.74) is 0. The van der Waals surface area contributed by atoms with Gasteiger partial charge in [0.15, 0.2) is 6.10 Å². The van der Waals surface area contributed by atoms with Gasteiger partial charge >= 0.3 is 17.9 Å². The standard InChI is InChI=1S/C70H126O6/c1-4-7-10-13-16-19-22-25-28-30-31-32-33-34-35-36-37-38-39-41-42-45-48-51-54-57-60-63-69(72)75-66-67(65-74-68(71)62-59-56-53-50-47-44-27-24-21-18-15-12-9-6-3)76-70(73)64-61-58-55-52-49-46-43-40-29-26-23-20-17-14-11-8-5-2/h8,11,17,20,24,26-27,29-31,67H,4-7,9-10,12-16,18-19,21-23,25,28,32-66H2,1-3H3/b11-8-,20-17-,27-24-,29-26-,31-30-. The minimum Gasteiger partial charge on any atom is -0.462 e. The van der Waals surface area contributed by atoms with Crippen LogP contribution in [0, 0.1) is 0 Å². The predicted molar refractivity (Wildman–Crippen MR) is 330 cm³/mol. The summed E-state index contributed by atoms with van der Waals surface area (Å²) in [6.45, 7) is 6.55. The minimum atomic E-state index is -0.783. The van der Waals surface area contributed by atoms with Gasteiger partial charge in [-0.1, -0.05) is 287 Å². The van der Waals surface area contributed by atoms with E-state index in [0.717, 1.165) is 89.9 Å². The van der Waals surface area contributed by atoms with Gasteiger partial charge in [0.25, 0.3) is 0 Å². The number of rotatable bonds is 61. The molecular weight excluding hydrogens is 937 g/mol. The van der Waals surface area contributed by atoms with E-state index in [2.05, 4.69) is 81.5 Å². The first-order valence-electron chi connectivity index (χ1n) is 33.3. The van der Waals surface area contributed by atoms with Crippen molar-refractivity contribution in [2.24, 2.45) is 0 Å². The molecule has 0 aromatic rings. The van der Waals surface area contributed by atoms with E-state index in [1.165, 1.54) is 218 Å². The fourth-order valence-corrected chi connectivity index (χ4v) is 9.74. The zero-order valence-electron chi connectivity index (χ0n) is 50.8. The topological polar surface area (TPSA) is 78.9 Å². The Kier molecular flexibility index (Phi) is 62.2. The Morgan fingerprint density at radius 3 is 0.816 bits per heavy atom. The number of carbonyl (C=O) groups excluding carboxylic acids is 3. The van der Waals surface area contributed by atoms with E-state index in [1.54, 1.807) is 0 Å². The highest BCUT2D eigenvalue weighted by Gasteiger charge is 2.19. The second-order valence-corrected chi connectivity index (χ2v) is 22.3. The van der Waals surface area contributed by atoms with Crippen molar-refractivity contribution in [3.8, 4) is 0 Å². The van der Waals surface area contributed by atoms with Crippen LogP contribution in [-0.4, -0.2) is 37.2 Å². The summed E-state index contributed by atoms with van der Waals surface area (Å²) in [7, 11) is 0. The van der Waals surface area contributed by atoms with Crippen molar-refractivity contribution in [1.82, 2.24) is 0 Å². The average molecular weight is 1060 g/mol. The molecule has 0 spiro atoms. The quantitative estimate of drug-likeness (QED) is 0.0261. The van der Waals surface area contributed by atoms with Gasteiger partial charge in [-0.15, -0.1) is 0 Å². The lowest BCUT2D eigenvalue weighted by molar-refractivity contribution is -0.167. The van der Waals surface area contributed by atoms with E-state index >= 15 is 0 Å². The van der Waals surface area contributed by atoms with Crippen LogP contribution in [0.1, 0.15) is 348 Å². The molecule has 0 aromatic heterocycles. The molecule has 6 heteroatoms. The normalized spacial score (nSPS) is 12.4. The average Bonchev–Trinajstić information content (AvgIpc) is 3.42. The minimum absolute atomic E-state index is 0.0784. The Hall–Kier alpha value is -2.89. The summed E-state index contributed by atoms with van der Waals surface area (Å²) in [5.74, 6) is -0.879. The number of hydrogen-bond acceptors (Lipinski definition) is 6. The Labute approximate surface area is 472 Å². The molecule has 76 heavy (non-hydrogen) atoms. The Morgan fingerprint density at radius 2 is 0.513 bits per heavy atom. The maximum absolute atomic E-state index is 12.9. The monoisotopic (exact) mass is 1060 g/mol. The summed E-state index contributed by atoms with van der Waals surface area (Å²) in [6, 6.07) is 0. The molecule has 0 N–H and O–H groups in total. The molecule has 0 aliphatic heterocycles. The van der Waals surface area contributed by atoms with Gasteiger partial charge in [0.05, 0.1) is 0 Å². The fraction of sp³-hybridized carbons (Fsp3) is 0.814. The Balaban J connectivity index is 4.25. The second kappa shape index (κ2) is 64.6. The van der Waals surface area contributed by atoms with Crippen LogP contribution in [0.3, 0.4) is 0 Å². The fourth-order valence-electron chi connectivity index (χ4n) is 9.74. The van der Waals surface area contributed by atoms with Crippen molar-refractivity contribution in [1.29, 1.82) is 0 Å². The van der Waals surface area contributed by atoms with Crippen LogP contribution in [0.25, 0.3) is 0 Å². The molecule has 442 valence electrons. The van der Waals surface area contributed by atoms with E-state index in [4.69, 9.17) is 14.2 Å². The van der Waals surface area contributed by atoms with E-state index in [1.807, 2.05) is 0 Å². The first-order valence-corrected chi connectivity index (χ1v) is 33.3. The van der Waals surface area contributed by atoms with Crippen LogP contribution < -0.4 is 0 Å². The highest BCUT2D eigenvalue weighted by Crippen LogP contribution is 2.17. The summed E-state index contributed by atoms with van der Waals surface area (Å²) < 4.78 is 16.9. The SMILES string of the molecule is CC/C=C\C/C=C\C/C=C\CCCCCCCCCC(=O)OC(COC(=O)CCCCCCC/C=C\CCCCCCC)COC(=O)CCCCCCCCCCCCCCCCC/C=C\CCCCCCCCCC. The zero-order chi connectivity index (χ0) is 55.0. The van der Waals surface area contributed by atoms with E-state index in [9.17, 15) is 14.4 Å². The van der Waals surface area contributed by atoms with Gasteiger partial charge in [0.2, 0.25) is 0 Å². The first-order chi connectivity index (χ1) is 37.5. The van der Waals surface area contributed by atoms with Crippen molar-refractivity contribution in [3.05, 3.63) is 60.8 Å². The number of ether oxygens (including phenoxy) is 3. The third kappa shape index (κ3) is 62.0. The molecule has 0 rings (SSSR count). The molecule has 0 amide bonds. The van der Waals surface area contributed by atoms with Gasteiger partial charge < -0.3 is 14.2 Å². The van der Waals surface area contributed by atoms with Crippen molar-refractivity contribution in [3.63, 3.8) is 0 Å². The maximum atomic E-state index is 12.9. The van der Waals surface area contributed by atoms with Gasteiger partial charge in [-0.3, -0.25) is 14.4 Å². The smallest absolute Gasteiger partial charge is 0.306 e. The van der Waals surface area contributed by atoms with E-state index < -0.39 is 6.10 Å². The molecule has 0 radical (unpaired) electrons. The van der Waals surface area contributed by atoms with Crippen molar-refractivity contribution in [2.75, 3.05) is 13.2 Å². The third-order valence-electron chi connectivity index (χ3n) is 14.7. The summed E-state index contributed by atoms with van der Waals surface area (Å²) >= 11 is 0. The van der Waals surface area contributed by atoms with Crippen molar-refractivity contribution >= 4 is 17.9 Å². The van der Waals surface area contributed by atoms with Gasteiger partial charge in [-0.25, -0.2) is 0 Å². The predicted octanol–water partition coefficient (Wildman–Crippen LogP) is 22.7. The van der Waals surface area contributed by atoms with Crippen molar-refractivity contribution < 1.29 is 28.6 Å². The van der Waals surface area contributed by atoms with Crippen LogP contribution in [0.5, 0.6) is 0 Å². The molecule has 0 aliphatic carbocycles. The third-order valence-corrected chi connectivity index (χ3v) is 14.7. The van der Waals surface area contributed by atoms with Crippen LogP contribution in [0.2, 0.25) is 0 Å². The molecule has 1 unspecified atom stereocenters. The molecule has 6 nitrogen and oxygen atoms in total. The summed E-state index contributed by atoms with van der Waals surface area (Å²) in [5, 5.41) is 0. The molecule has 1 atom stereocenters. The van der Waals surface area contributed by atoms with E-state index in [0.29, 0.717) is 19.3 Å². The van der Waals surface area contributed by atoms with Crippen LogP contribution in [-0.2, 0) is 28.6 Å². The molecule has 0 aliphatic rings. The second-order valence-electron chi connectivity index (χ2n) is 22.3. The van der Waals surface area contributed by atoms with E-state index in [-0.39, 0.29) is 31.1 Å². The molecule has 0 saturated carbocycles. The number of carbonyl (C=O) groups is 3. The molecule has 0 fully saturated rings. The van der Waals surface area contributed by atoms with Gasteiger partial charge in [-0.05, 0) is 103 Å². The number of allylic oxidation sites excluding steroid dienone is 10. The lowest BCUT2D eigenvalue weighted by Gasteiger charge is -2.18. The molecule has 0 saturated heterocycles. The van der Waals surface area contributed by atoms with Crippen molar-refractivity contribution in [2.45, 2.75) is 354 Å². The molecule has 0 aromatic carbocycles. The van der Waals surface area contributed by atoms with Gasteiger partial charge in [0.1, 0.15) is 13.2 Å². The van der Waals surface area contributed by atoms with Crippen LogP contribution in [0.15, 0.2) is 60.8 Å². The highest BCUT2D eigenvalue weighted by atomic mass is 16.6. The summed E-state index contributed by atoms with van der Waals surface area (Å²) in [6.07, 6.45) is 82.4. The Bertz CT molecular complexity index is 1360. The lowest BCUT2D eigenvalue weighted by Crippen LogP contribution is -2.30.